The molecule has 0 unspecified atom stereocenters. The first-order valence-corrected chi connectivity index (χ1v) is 10.6. The van der Waals surface area contributed by atoms with E-state index in [2.05, 4.69) is 17.6 Å². The van der Waals surface area contributed by atoms with Gasteiger partial charge in [0.2, 0.25) is 5.91 Å². The fraction of sp³-hybridized carbons (Fsp3) is 0.632. The van der Waals surface area contributed by atoms with E-state index in [4.69, 9.17) is 14.7 Å². The Balaban J connectivity index is 1.69. The van der Waals surface area contributed by atoms with Crippen molar-refractivity contribution in [2.45, 2.75) is 32.7 Å². The second kappa shape index (κ2) is 8.08. The summed E-state index contributed by atoms with van der Waals surface area (Å²) in [5.74, 6) is 2.35. The molecule has 8 heteroatoms. The Bertz CT molecular complexity index is 831. The van der Waals surface area contributed by atoms with Crippen LogP contribution in [0.1, 0.15) is 29.6 Å². The number of thiophene rings is 1. The number of fused-ring (bicyclic) bond motifs is 3. The third kappa shape index (κ3) is 4.07. The second-order valence-corrected chi connectivity index (χ2v) is 8.67. The van der Waals surface area contributed by atoms with Gasteiger partial charge in [-0.3, -0.25) is 4.79 Å². The Morgan fingerprint density at radius 1 is 1.33 bits per heavy atom. The Morgan fingerprint density at radius 3 is 2.93 bits per heavy atom. The van der Waals surface area contributed by atoms with Crippen LogP contribution in [0.25, 0.3) is 10.2 Å². The van der Waals surface area contributed by atoms with E-state index in [1.54, 1.807) is 7.05 Å². The summed E-state index contributed by atoms with van der Waals surface area (Å²) in [6, 6.07) is 0. The molecule has 1 amide bonds. The molecule has 1 saturated heterocycles. The maximum absolute atomic E-state index is 11.8. The summed E-state index contributed by atoms with van der Waals surface area (Å²) >= 11 is 1.81. The van der Waals surface area contributed by atoms with Gasteiger partial charge in [0.1, 0.15) is 30.3 Å². The number of morpholine rings is 1. The molecule has 27 heavy (non-hydrogen) atoms. The molecule has 2 aromatic heterocycles. The lowest BCUT2D eigenvalue weighted by Gasteiger charge is -2.23. The fourth-order valence-corrected chi connectivity index (χ4v) is 5.31. The number of aryl methyl sites for hydroxylation is 1. The van der Waals surface area contributed by atoms with Crippen LogP contribution in [0, 0.1) is 5.92 Å². The number of hydrogen-bond acceptors (Lipinski definition) is 6. The van der Waals surface area contributed by atoms with Crippen molar-refractivity contribution in [2.24, 2.45) is 5.92 Å². The van der Waals surface area contributed by atoms with Crippen LogP contribution < -0.4 is 15.5 Å². The molecule has 4 rings (SSSR count). The van der Waals surface area contributed by atoms with Gasteiger partial charge in [0, 0.05) is 11.9 Å². The van der Waals surface area contributed by atoms with E-state index < -0.39 is 0 Å². The number of rotatable bonds is 5. The highest BCUT2D eigenvalue weighted by Crippen LogP contribution is 2.39. The summed E-state index contributed by atoms with van der Waals surface area (Å²) in [6.07, 6.45) is 3.39. The molecule has 146 valence electrons. The van der Waals surface area contributed by atoms with Gasteiger partial charge in [-0.2, -0.15) is 0 Å². The molecule has 7 nitrogen and oxygen atoms in total. The molecule has 0 bridgehead atoms. The third-order valence-electron chi connectivity index (χ3n) is 5.50. The van der Waals surface area contributed by atoms with E-state index in [1.807, 2.05) is 11.3 Å². The monoisotopic (exact) mass is 390 g/mol. The summed E-state index contributed by atoms with van der Waals surface area (Å²) in [7, 11) is 1.65. The van der Waals surface area contributed by atoms with E-state index in [1.165, 1.54) is 21.8 Å². The van der Waals surface area contributed by atoms with Gasteiger partial charge in [-0.05, 0) is 30.7 Å². The molecular formula is C19H28N5O2S+. The van der Waals surface area contributed by atoms with E-state index in [0.717, 1.165) is 73.5 Å². The van der Waals surface area contributed by atoms with E-state index in [9.17, 15) is 4.79 Å². The average Bonchev–Trinajstić information content (AvgIpc) is 3.03. The highest BCUT2D eigenvalue weighted by molar-refractivity contribution is 7.19. The smallest absolute Gasteiger partial charge is 0.239 e. The van der Waals surface area contributed by atoms with Crippen molar-refractivity contribution in [3.63, 3.8) is 0 Å². The van der Waals surface area contributed by atoms with Crippen LogP contribution in [0.15, 0.2) is 0 Å². The van der Waals surface area contributed by atoms with E-state index in [0.29, 0.717) is 0 Å². The van der Waals surface area contributed by atoms with Gasteiger partial charge in [-0.25, -0.2) is 9.97 Å². The second-order valence-electron chi connectivity index (χ2n) is 7.59. The molecule has 0 saturated carbocycles. The largest absolute Gasteiger partial charge is 0.370 e. The SMILES string of the molecule is CNC(=O)CNc1nc(C[NH+]2CCOCC2)nc2sc3c(c12)CC[C@H](C)C3. The summed E-state index contributed by atoms with van der Waals surface area (Å²) < 4.78 is 5.46. The number of nitrogens with zero attached hydrogens (tertiary/aromatic N) is 2. The van der Waals surface area contributed by atoms with Gasteiger partial charge in [0.05, 0.1) is 25.1 Å². The fourth-order valence-electron chi connectivity index (χ4n) is 3.91. The van der Waals surface area contributed by atoms with Crippen molar-refractivity contribution in [1.82, 2.24) is 15.3 Å². The molecule has 1 aliphatic heterocycles. The number of carbonyl (C=O) groups excluding carboxylic acids is 1. The lowest BCUT2D eigenvalue weighted by molar-refractivity contribution is -0.922. The van der Waals surface area contributed by atoms with Crippen molar-refractivity contribution in [2.75, 3.05) is 45.2 Å². The van der Waals surface area contributed by atoms with Crippen molar-refractivity contribution >= 4 is 33.3 Å². The van der Waals surface area contributed by atoms with Crippen LogP contribution in [0.5, 0.6) is 0 Å². The van der Waals surface area contributed by atoms with E-state index >= 15 is 0 Å². The minimum absolute atomic E-state index is 0.0418. The number of likely N-dealkylation sites (N-methyl/N-ethyl adjacent to an activating group) is 1. The summed E-state index contributed by atoms with van der Waals surface area (Å²) in [6.45, 7) is 6.91. The Kier molecular flexibility index (Phi) is 5.56. The number of amides is 1. The number of carbonyl (C=O) groups is 1. The molecule has 1 aliphatic carbocycles. The van der Waals surface area contributed by atoms with Gasteiger partial charge in [-0.15, -0.1) is 11.3 Å². The zero-order valence-corrected chi connectivity index (χ0v) is 16.9. The maximum atomic E-state index is 11.8. The molecule has 3 N–H and O–H groups in total. The van der Waals surface area contributed by atoms with Crippen LogP contribution in [-0.2, 0) is 28.9 Å². The standard InChI is InChI=1S/C19H27N5O2S/c1-12-3-4-13-14(9-12)27-19-17(13)18(21-10-16(25)20-2)22-15(23-19)11-24-5-7-26-8-6-24/h12H,3-11H2,1-2H3,(H,20,25)(H,21,22,23)/p+1/t12-/m0/s1. The number of quaternary nitrogens is 1. The van der Waals surface area contributed by atoms with Gasteiger partial charge < -0.3 is 20.3 Å². The lowest BCUT2D eigenvalue weighted by Crippen LogP contribution is -3.12. The normalized spacial score (nSPS) is 20.4. The molecule has 0 radical (unpaired) electrons. The quantitative estimate of drug-likeness (QED) is 0.688. The molecule has 2 aromatic rings. The number of anilines is 1. The van der Waals surface area contributed by atoms with Crippen LogP contribution in [0.3, 0.4) is 0 Å². The van der Waals surface area contributed by atoms with Crippen LogP contribution in [0.2, 0.25) is 0 Å². The molecule has 0 spiro atoms. The Hall–Kier alpha value is -1.77. The number of ether oxygens (including phenoxy) is 1. The van der Waals surface area contributed by atoms with Gasteiger partial charge >= 0.3 is 0 Å². The summed E-state index contributed by atoms with van der Waals surface area (Å²) in [4.78, 5) is 25.5. The van der Waals surface area contributed by atoms with Crippen molar-refractivity contribution < 1.29 is 14.4 Å². The van der Waals surface area contributed by atoms with Crippen LogP contribution >= 0.6 is 11.3 Å². The van der Waals surface area contributed by atoms with Gasteiger partial charge in [0.15, 0.2) is 5.82 Å². The summed E-state index contributed by atoms with van der Waals surface area (Å²) in [5, 5.41) is 7.07. The zero-order chi connectivity index (χ0) is 18.8. The van der Waals surface area contributed by atoms with Crippen molar-refractivity contribution in [1.29, 1.82) is 0 Å². The lowest BCUT2D eigenvalue weighted by atomic mass is 9.89. The molecular weight excluding hydrogens is 362 g/mol. The van der Waals surface area contributed by atoms with Gasteiger partial charge in [-0.1, -0.05) is 6.92 Å². The van der Waals surface area contributed by atoms with Crippen molar-refractivity contribution in [3.8, 4) is 0 Å². The number of aromatic nitrogens is 2. The number of hydrogen-bond donors (Lipinski definition) is 3. The maximum Gasteiger partial charge on any atom is 0.239 e. The van der Waals surface area contributed by atoms with E-state index in [-0.39, 0.29) is 12.5 Å². The predicted molar refractivity (Wildman–Crippen MR) is 106 cm³/mol. The third-order valence-corrected chi connectivity index (χ3v) is 6.65. The Labute approximate surface area is 163 Å². The Morgan fingerprint density at radius 2 is 2.15 bits per heavy atom. The first-order chi connectivity index (χ1) is 13.1. The zero-order valence-electron chi connectivity index (χ0n) is 16.1. The number of nitrogens with one attached hydrogen (secondary N) is 3. The minimum Gasteiger partial charge on any atom is -0.370 e. The van der Waals surface area contributed by atoms with Crippen molar-refractivity contribution in [3.05, 3.63) is 16.3 Å². The molecule has 1 atom stereocenters. The molecule has 1 fully saturated rings. The minimum atomic E-state index is -0.0418. The first kappa shape index (κ1) is 18.6. The highest BCUT2D eigenvalue weighted by atomic mass is 32.1. The molecule has 0 aromatic carbocycles. The predicted octanol–water partition coefficient (Wildman–Crippen LogP) is 0.389. The summed E-state index contributed by atoms with van der Waals surface area (Å²) in [5.41, 5.74) is 1.39. The van der Waals surface area contributed by atoms with Crippen LogP contribution in [-0.4, -0.2) is 55.8 Å². The molecule has 2 aliphatic rings. The van der Waals surface area contributed by atoms with Crippen LogP contribution in [0.4, 0.5) is 5.82 Å². The topological polar surface area (TPSA) is 80.6 Å². The average molecular weight is 391 g/mol. The van der Waals surface area contributed by atoms with Gasteiger partial charge in [0.25, 0.3) is 0 Å². The first-order valence-electron chi connectivity index (χ1n) is 9.81. The molecule has 3 heterocycles. The highest BCUT2D eigenvalue weighted by Gasteiger charge is 2.25.